The number of fused-ring (bicyclic) bond motifs is 5. The molecule has 6 atom stereocenters. The zero-order valence-corrected chi connectivity index (χ0v) is 17.8. The molecule has 2 aromatic carbocycles. The molecule has 0 heterocycles. The number of ether oxygens (including phenoxy) is 1. The van der Waals surface area contributed by atoms with E-state index in [4.69, 9.17) is 4.74 Å². The SMILES string of the molecule is C[C@]12CC[C@@H]3c4ccc(OCc5ccccc5)cc4CC[C@H]3[C@@H]1C[C@H](CC=O)[C@@H]2O. The van der Waals surface area contributed by atoms with Gasteiger partial charge in [-0.1, -0.05) is 43.3 Å². The maximum atomic E-state index is 11.1. The number of hydrogen-bond acceptors (Lipinski definition) is 3. The number of aliphatic hydroxyl groups is 1. The predicted octanol–water partition coefficient (Wildman–Crippen LogP) is 5.30. The number of rotatable bonds is 5. The van der Waals surface area contributed by atoms with Crippen LogP contribution in [-0.2, 0) is 17.8 Å². The highest BCUT2D eigenvalue weighted by Crippen LogP contribution is 2.62. The molecule has 0 bridgehead atoms. The van der Waals surface area contributed by atoms with Gasteiger partial charge in [-0.25, -0.2) is 0 Å². The molecule has 2 aromatic rings. The van der Waals surface area contributed by atoms with Crippen molar-refractivity contribution in [1.29, 1.82) is 0 Å². The molecule has 3 aliphatic carbocycles. The van der Waals surface area contributed by atoms with Crippen LogP contribution in [0.4, 0.5) is 0 Å². The fraction of sp³-hybridized carbons (Fsp3) is 0.519. The molecule has 30 heavy (non-hydrogen) atoms. The molecular weight excluding hydrogens is 372 g/mol. The fourth-order valence-electron chi connectivity index (χ4n) is 6.89. The highest BCUT2D eigenvalue weighted by atomic mass is 16.5. The van der Waals surface area contributed by atoms with Crippen LogP contribution in [0.3, 0.4) is 0 Å². The highest BCUT2D eigenvalue weighted by molar-refractivity contribution is 5.50. The summed E-state index contributed by atoms with van der Waals surface area (Å²) in [5.74, 6) is 2.83. The van der Waals surface area contributed by atoms with Crippen molar-refractivity contribution in [3.63, 3.8) is 0 Å². The second-order valence-electron chi connectivity index (χ2n) is 9.94. The van der Waals surface area contributed by atoms with Crippen molar-refractivity contribution < 1.29 is 14.6 Å². The van der Waals surface area contributed by atoms with E-state index >= 15 is 0 Å². The molecule has 0 aliphatic heterocycles. The summed E-state index contributed by atoms with van der Waals surface area (Å²) < 4.78 is 6.07. The maximum absolute atomic E-state index is 11.1. The summed E-state index contributed by atoms with van der Waals surface area (Å²) in [5, 5.41) is 11.0. The van der Waals surface area contributed by atoms with E-state index in [2.05, 4.69) is 37.3 Å². The van der Waals surface area contributed by atoms with Crippen molar-refractivity contribution in [2.75, 3.05) is 0 Å². The van der Waals surface area contributed by atoms with Crippen molar-refractivity contribution in [2.45, 2.75) is 64.1 Å². The minimum Gasteiger partial charge on any atom is -0.489 e. The van der Waals surface area contributed by atoms with E-state index in [1.54, 1.807) is 0 Å². The number of aldehydes is 1. The van der Waals surface area contributed by atoms with E-state index < -0.39 is 0 Å². The summed E-state index contributed by atoms with van der Waals surface area (Å²) in [6.45, 7) is 2.88. The van der Waals surface area contributed by atoms with Gasteiger partial charge in [0.1, 0.15) is 18.6 Å². The van der Waals surface area contributed by atoms with E-state index in [1.807, 2.05) is 18.2 Å². The van der Waals surface area contributed by atoms with Crippen LogP contribution in [0.25, 0.3) is 0 Å². The molecule has 1 N–H and O–H groups in total. The van der Waals surface area contributed by atoms with Crippen LogP contribution in [0.2, 0.25) is 0 Å². The minimum absolute atomic E-state index is 0.0227. The second kappa shape index (κ2) is 7.85. The van der Waals surface area contributed by atoms with Crippen molar-refractivity contribution >= 4 is 6.29 Å². The van der Waals surface area contributed by atoms with Gasteiger partial charge in [0.25, 0.3) is 0 Å². The number of hydrogen-bond donors (Lipinski definition) is 1. The Morgan fingerprint density at radius 1 is 1.17 bits per heavy atom. The van der Waals surface area contributed by atoms with Gasteiger partial charge in [0.05, 0.1) is 6.10 Å². The maximum Gasteiger partial charge on any atom is 0.120 e. The topological polar surface area (TPSA) is 46.5 Å². The van der Waals surface area contributed by atoms with Gasteiger partial charge < -0.3 is 14.6 Å². The molecule has 0 saturated heterocycles. The van der Waals surface area contributed by atoms with Crippen LogP contribution in [-0.4, -0.2) is 17.5 Å². The quantitative estimate of drug-likeness (QED) is 0.688. The molecule has 0 amide bonds. The lowest BCUT2D eigenvalue weighted by molar-refractivity contribution is -0.109. The Bertz CT molecular complexity index is 908. The predicted molar refractivity (Wildman–Crippen MR) is 117 cm³/mol. The third-order valence-corrected chi connectivity index (χ3v) is 8.46. The first-order valence-corrected chi connectivity index (χ1v) is 11.5. The third-order valence-electron chi connectivity index (χ3n) is 8.46. The molecule has 0 radical (unpaired) electrons. The Kier molecular flexibility index (Phi) is 5.18. The Labute approximate surface area is 179 Å². The molecule has 2 saturated carbocycles. The average molecular weight is 405 g/mol. The van der Waals surface area contributed by atoms with Crippen LogP contribution in [0.5, 0.6) is 5.75 Å². The van der Waals surface area contributed by atoms with Gasteiger partial charge in [-0.3, -0.25) is 0 Å². The summed E-state index contributed by atoms with van der Waals surface area (Å²) in [6, 6.07) is 17.0. The van der Waals surface area contributed by atoms with E-state index in [9.17, 15) is 9.90 Å². The van der Waals surface area contributed by atoms with Gasteiger partial charge in [-0.05, 0) is 90.0 Å². The molecule has 3 nitrogen and oxygen atoms in total. The lowest BCUT2D eigenvalue weighted by Gasteiger charge is -2.50. The van der Waals surface area contributed by atoms with Crippen LogP contribution in [0.1, 0.15) is 61.6 Å². The molecule has 0 unspecified atom stereocenters. The number of aryl methyl sites for hydroxylation is 1. The van der Waals surface area contributed by atoms with E-state index in [0.29, 0.717) is 30.8 Å². The van der Waals surface area contributed by atoms with Crippen LogP contribution in [0.15, 0.2) is 48.5 Å². The van der Waals surface area contributed by atoms with Gasteiger partial charge in [0, 0.05) is 6.42 Å². The molecule has 158 valence electrons. The molecule has 3 aliphatic rings. The number of carbonyl (C=O) groups is 1. The standard InChI is InChI=1S/C27H32O3/c1-27-13-11-23-22-10-8-21(30-17-18-5-3-2-4-6-18)15-19(22)7-9-24(23)25(27)16-20(12-14-28)26(27)29/h2-6,8,10,14-15,20,23-26,29H,7,9,11-13,16-17H2,1H3/t20-,23+,24+,25-,26-,27-/m0/s1. The Morgan fingerprint density at radius 3 is 2.80 bits per heavy atom. The van der Waals surface area contributed by atoms with E-state index in [-0.39, 0.29) is 17.4 Å². The summed E-state index contributed by atoms with van der Waals surface area (Å²) in [7, 11) is 0. The van der Waals surface area contributed by atoms with Gasteiger partial charge in [0.15, 0.2) is 0 Å². The molecule has 5 rings (SSSR count). The van der Waals surface area contributed by atoms with Gasteiger partial charge in [-0.2, -0.15) is 0 Å². The molecule has 0 aromatic heterocycles. The Hall–Kier alpha value is -2.13. The van der Waals surface area contributed by atoms with Crippen LogP contribution in [0, 0.1) is 23.2 Å². The lowest BCUT2D eigenvalue weighted by atomic mass is 9.55. The summed E-state index contributed by atoms with van der Waals surface area (Å²) in [4.78, 5) is 11.1. The summed E-state index contributed by atoms with van der Waals surface area (Å²) in [6.07, 6.45) is 6.64. The Morgan fingerprint density at radius 2 is 2.00 bits per heavy atom. The van der Waals surface area contributed by atoms with Gasteiger partial charge in [-0.15, -0.1) is 0 Å². The number of carbonyl (C=O) groups excluding carboxylic acids is 1. The van der Waals surface area contributed by atoms with Crippen molar-refractivity contribution in [1.82, 2.24) is 0 Å². The summed E-state index contributed by atoms with van der Waals surface area (Å²) in [5.41, 5.74) is 4.10. The first-order chi connectivity index (χ1) is 14.6. The van der Waals surface area contributed by atoms with E-state index in [0.717, 1.165) is 37.7 Å². The monoisotopic (exact) mass is 404 g/mol. The smallest absolute Gasteiger partial charge is 0.120 e. The molecule has 0 spiro atoms. The van der Waals surface area contributed by atoms with Crippen molar-refractivity contribution in [3.05, 3.63) is 65.2 Å². The Balaban J connectivity index is 1.34. The minimum atomic E-state index is -0.330. The zero-order valence-electron chi connectivity index (χ0n) is 17.8. The molecule has 2 fully saturated rings. The average Bonchev–Trinajstić information content (AvgIpc) is 3.03. The second-order valence-corrected chi connectivity index (χ2v) is 9.94. The van der Waals surface area contributed by atoms with Crippen molar-refractivity contribution in [2.24, 2.45) is 23.2 Å². The zero-order chi connectivity index (χ0) is 20.7. The van der Waals surface area contributed by atoms with Gasteiger partial charge >= 0.3 is 0 Å². The fourth-order valence-corrected chi connectivity index (χ4v) is 6.89. The normalized spacial score (nSPS) is 34.5. The number of aliphatic hydroxyl groups excluding tert-OH is 1. The largest absolute Gasteiger partial charge is 0.489 e. The third kappa shape index (κ3) is 3.28. The molecule has 3 heteroatoms. The number of benzene rings is 2. The van der Waals surface area contributed by atoms with Crippen molar-refractivity contribution in [3.8, 4) is 5.75 Å². The first-order valence-electron chi connectivity index (χ1n) is 11.5. The highest BCUT2D eigenvalue weighted by Gasteiger charge is 2.57. The van der Waals surface area contributed by atoms with Crippen LogP contribution < -0.4 is 4.74 Å². The van der Waals surface area contributed by atoms with E-state index in [1.165, 1.54) is 23.1 Å². The molecular formula is C27H32O3. The van der Waals surface area contributed by atoms with Crippen LogP contribution >= 0.6 is 0 Å². The summed E-state index contributed by atoms with van der Waals surface area (Å²) >= 11 is 0. The van der Waals surface area contributed by atoms with Gasteiger partial charge in [0.2, 0.25) is 0 Å². The lowest BCUT2D eigenvalue weighted by Crippen LogP contribution is -2.44. The first kappa shape index (κ1) is 19.8.